The van der Waals surface area contributed by atoms with Crippen LogP contribution in [0.4, 0.5) is 18.9 Å². The second-order valence-corrected chi connectivity index (χ2v) is 6.25. The number of halogens is 4. The third kappa shape index (κ3) is 3.83. The summed E-state index contributed by atoms with van der Waals surface area (Å²) in [5, 5.41) is 10.5. The molecule has 0 fully saturated rings. The van der Waals surface area contributed by atoms with E-state index >= 15 is 0 Å². The number of benzene rings is 1. The fraction of sp³-hybridized carbons (Fsp3) is 0.400. The molecule has 0 spiro atoms. The Morgan fingerprint density at radius 2 is 1.90 bits per heavy atom. The molecule has 1 aromatic rings. The first-order valence-electron chi connectivity index (χ1n) is 5.24. The zero-order valence-corrected chi connectivity index (χ0v) is 11.4. The van der Waals surface area contributed by atoms with Crippen molar-refractivity contribution in [2.75, 3.05) is 11.6 Å². The van der Waals surface area contributed by atoms with E-state index in [0.717, 1.165) is 6.07 Å². The highest BCUT2D eigenvalue weighted by Crippen LogP contribution is 2.36. The van der Waals surface area contributed by atoms with Crippen molar-refractivity contribution in [1.29, 1.82) is 0 Å². The highest BCUT2D eigenvalue weighted by molar-refractivity contribution is 7.91. The molecule has 10 heteroatoms. The maximum atomic E-state index is 12.8. The van der Waals surface area contributed by atoms with Crippen LogP contribution in [0.25, 0.3) is 0 Å². The third-order valence-electron chi connectivity index (χ3n) is 2.36. The average molecular weight is 332 g/mol. The van der Waals surface area contributed by atoms with Crippen molar-refractivity contribution in [3.05, 3.63) is 33.9 Å². The molecule has 0 aromatic heterocycles. The van der Waals surface area contributed by atoms with E-state index in [-0.39, 0.29) is 18.4 Å². The van der Waals surface area contributed by atoms with E-state index < -0.39 is 42.8 Å². The van der Waals surface area contributed by atoms with Gasteiger partial charge in [-0.3, -0.25) is 10.1 Å². The topological polar surface area (TPSA) is 77.3 Å². The number of nitrogens with zero attached hydrogens (tertiary/aromatic N) is 1. The summed E-state index contributed by atoms with van der Waals surface area (Å²) in [5.41, 5.74) is -2.37. The van der Waals surface area contributed by atoms with Crippen LogP contribution in [0.1, 0.15) is 12.0 Å². The minimum Gasteiger partial charge on any atom is -0.258 e. The Kier molecular flexibility index (Phi) is 4.98. The predicted molar refractivity (Wildman–Crippen MR) is 65.5 cm³/mol. The Morgan fingerprint density at radius 3 is 2.35 bits per heavy atom. The maximum absolute atomic E-state index is 12.8. The largest absolute Gasteiger partial charge is 0.417 e. The number of nitro groups is 1. The fourth-order valence-corrected chi connectivity index (χ4v) is 3.30. The van der Waals surface area contributed by atoms with E-state index in [2.05, 4.69) is 0 Å². The van der Waals surface area contributed by atoms with E-state index in [1.807, 2.05) is 0 Å². The summed E-state index contributed by atoms with van der Waals surface area (Å²) in [5.74, 6) is -0.578. The number of nitro benzene ring substituents is 1. The lowest BCUT2D eigenvalue weighted by atomic mass is 10.2. The van der Waals surface area contributed by atoms with Crippen LogP contribution in [0.15, 0.2) is 23.1 Å². The van der Waals surface area contributed by atoms with Gasteiger partial charge in [0.05, 0.1) is 21.1 Å². The van der Waals surface area contributed by atoms with E-state index in [4.69, 9.17) is 11.6 Å². The molecular formula is C10H9ClF3NO4S. The van der Waals surface area contributed by atoms with Crippen LogP contribution < -0.4 is 0 Å². The van der Waals surface area contributed by atoms with E-state index in [1.54, 1.807) is 0 Å². The van der Waals surface area contributed by atoms with Crippen LogP contribution >= 0.6 is 11.6 Å². The summed E-state index contributed by atoms with van der Waals surface area (Å²) in [4.78, 5) is 8.49. The first-order chi connectivity index (χ1) is 9.09. The van der Waals surface area contributed by atoms with Crippen molar-refractivity contribution in [2.45, 2.75) is 17.5 Å². The summed E-state index contributed by atoms with van der Waals surface area (Å²) in [7, 11) is -4.21. The van der Waals surface area contributed by atoms with E-state index in [0.29, 0.717) is 6.07 Å². The molecule has 0 atom stereocenters. The molecule has 0 aliphatic carbocycles. The molecule has 0 aliphatic heterocycles. The van der Waals surface area contributed by atoms with E-state index in [1.165, 1.54) is 0 Å². The Bertz CT molecular complexity index is 615. The molecule has 0 aliphatic rings. The van der Waals surface area contributed by atoms with Gasteiger partial charge >= 0.3 is 6.18 Å². The Morgan fingerprint density at radius 1 is 1.30 bits per heavy atom. The number of hydrogen-bond donors (Lipinski definition) is 0. The molecule has 1 rings (SSSR count). The van der Waals surface area contributed by atoms with Crippen LogP contribution in [-0.4, -0.2) is 25.0 Å². The van der Waals surface area contributed by atoms with Crippen LogP contribution in [0.3, 0.4) is 0 Å². The van der Waals surface area contributed by atoms with Crippen molar-refractivity contribution in [3.8, 4) is 0 Å². The minimum absolute atomic E-state index is 0.0157. The molecule has 0 unspecified atom stereocenters. The van der Waals surface area contributed by atoms with Crippen LogP contribution in [0.5, 0.6) is 0 Å². The molecule has 20 heavy (non-hydrogen) atoms. The Labute approximate surface area is 117 Å². The highest BCUT2D eigenvalue weighted by atomic mass is 35.5. The van der Waals surface area contributed by atoms with Crippen molar-refractivity contribution in [1.82, 2.24) is 0 Å². The van der Waals surface area contributed by atoms with Gasteiger partial charge in [-0.05, 0) is 12.5 Å². The van der Waals surface area contributed by atoms with Gasteiger partial charge in [0.25, 0.3) is 5.69 Å². The SMILES string of the molecule is O=[N+]([O-])c1ccc(S(=O)(=O)CCCCl)c(C(F)(F)F)c1. The standard InChI is InChI=1S/C10H9ClF3NO4S/c11-4-1-5-20(18,19)9-3-2-7(15(16)17)6-8(9)10(12,13)14/h2-3,6H,1,4-5H2. The van der Waals surface area contributed by atoms with Crippen molar-refractivity contribution in [2.24, 2.45) is 0 Å². The Hall–Kier alpha value is -1.35. The van der Waals surface area contributed by atoms with Gasteiger partial charge in [0.1, 0.15) is 0 Å². The number of alkyl halides is 4. The van der Waals surface area contributed by atoms with Gasteiger partial charge in [0.15, 0.2) is 9.84 Å². The third-order valence-corrected chi connectivity index (χ3v) is 4.48. The first-order valence-corrected chi connectivity index (χ1v) is 7.42. The summed E-state index contributed by atoms with van der Waals surface area (Å²) >= 11 is 5.32. The lowest BCUT2D eigenvalue weighted by Gasteiger charge is -2.12. The lowest BCUT2D eigenvalue weighted by molar-refractivity contribution is -0.385. The van der Waals surface area contributed by atoms with Gasteiger partial charge in [0, 0.05) is 18.0 Å². The number of hydrogen-bond acceptors (Lipinski definition) is 4. The summed E-state index contributed by atoms with van der Waals surface area (Å²) < 4.78 is 62.1. The lowest BCUT2D eigenvalue weighted by Crippen LogP contribution is -2.16. The number of non-ortho nitro benzene ring substituents is 1. The fourth-order valence-electron chi connectivity index (χ4n) is 1.48. The van der Waals surface area contributed by atoms with Crippen LogP contribution in [-0.2, 0) is 16.0 Å². The molecule has 5 nitrogen and oxygen atoms in total. The van der Waals surface area contributed by atoms with Crippen LogP contribution in [0.2, 0.25) is 0 Å². The van der Waals surface area contributed by atoms with Gasteiger partial charge in [-0.15, -0.1) is 11.6 Å². The van der Waals surface area contributed by atoms with Crippen molar-refractivity contribution in [3.63, 3.8) is 0 Å². The van der Waals surface area contributed by atoms with Gasteiger partial charge in [-0.2, -0.15) is 13.2 Å². The molecule has 112 valence electrons. The quantitative estimate of drug-likeness (QED) is 0.472. The molecule has 1 aromatic carbocycles. The van der Waals surface area contributed by atoms with Crippen LogP contribution in [0, 0.1) is 10.1 Å². The molecular weight excluding hydrogens is 323 g/mol. The van der Waals surface area contributed by atoms with Gasteiger partial charge in [-0.1, -0.05) is 0 Å². The average Bonchev–Trinajstić information content (AvgIpc) is 2.34. The molecule has 0 amide bonds. The van der Waals surface area contributed by atoms with Crippen molar-refractivity contribution < 1.29 is 26.5 Å². The van der Waals surface area contributed by atoms with Crippen molar-refractivity contribution >= 4 is 27.1 Å². The van der Waals surface area contributed by atoms with Gasteiger partial charge in [0.2, 0.25) is 0 Å². The molecule has 0 bridgehead atoms. The van der Waals surface area contributed by atoms with Gasteiger partial charge < -0.3 is 0 Å². The minimum atomic E-state index is -5.00. The summed E-state index contributed by atoms with van der Waals surface area (Å²) in [6.07, 6.45) is -5.02. The predicted octanol–water partition coefficient (Wildman–Crippen LogP) is 3.02. The van der Waals surface area contributed by atoms with E-state index in [9.17, 15) is 31.7 Å². The molecule has 0 N–H and O–H groups in total. The van der Waals surface area contributed by atoms with Gasteiger partial charge in [-0.25, -0.2) is 8.42 Å². The Balaban J connectivity index is 3.44. The maximum Gasteiger partial charge on any atom is 0.417 e. The smallest absolute Gasteiger partial charge is 0.258 e. The molecule has 0 saturated heterocycles. The zero-order chi connectivity index (χ0) is 15.6. The number of rotatable bonds is 5. The number of sulfone groups is 1. The summed E-state index contributed by atoms with van der Waals surface area (Å²) in [6, 6.07) is 1.54. The normalized spacial score (nSPS) is 12.4. The highest BCUT2D eigenvalue weighted by Gasteiger charge is 2.38. The second kappa shape index (κ2) is 5.96. The zero-order valence-electron chi connectivity index (χ0n) is 9.85. The molecule has 0 saturated carbocycles. The summed E-state index contributed by atoms with van der Waals surface area (Å²) in [6.45, 7) is 0. The second-order valence-electron chi connectivity index (χ2n) is 3.80. The molecule has 0 radical (unpaired) electrons. The first kappa shape index (κ1) is 16.7. The monoisotopic (exact) mass is 331 g/mol. The molecule has 0 heterocycles.